The first-order chi connectivity index (χ1) is 9.54. The molecule has 1 aliphatic heterocycles. The van der Waals surface area contributed by atoms with Crippen LogP contribution in [0.1, 0.15) is 5.56 Å². The third-order valence-corrected chi connectivity index (χ3v) is 5.33. The standard InChI is InChI=1S/C13H16N4O2S/c14-4-5-16-13-9(15)7-17-10-1-2-11-8(12(10)13)3-6-20(11,18)19/h1-2,7H,3-6,14-15H2,(H,16,17). The molecule has 0 spiro atoms. The molecular weight excluding hydrogens is 276 g/mol. The van der Waals surface area contributed by atoms with Gasteiger partial charge in [-0.1, -0.05) is 0 Å². The van der Waals surface area contributed by atoms with E-state index < -0.39 is 9.84 Å². The predicted molar refractivity (Wildman–Crippen MR) is 79.5 cm³/mol. The Morgan fingerprint density at radius 3 is 2.90 bits per heavy atom. The van der Waals surface area contributed by atoms with Gasteiger partial charge in [0, 0.05) is 18.5 Å². The highest BCUT2D eigenvalue weighted by Crippen LogP contribution is 2.37. The average Bonchev–Trinajstić information content (AvgIpc) is 2.73. The Bertz CT molecular complexity index is 787. The summed E-state index contributed by atoms with van der Waals surface area (Å²) in [6, 6.07) is 3.36. The summed E-state index contributed by atoms with van der Waals surface area (Å²) >= 11 is 0. The van der Waals surface area contributed by atoms with Gasteiger partial charge in [-0.05, 0) is 24.1 Å². The van der Waals surface area contributed by atoms with Crippen LogP contribution < -0.4 is 16.8 Å². The molecule has 1 aromatic carbocycles. The minimum atomic E-state index is -3.17. The largest absolute Gasteiger partial charge is 0.396 e. The van der Waals surface area contributed by atoms with Crippen LogP contribution in [0.4, 0.5) is 11.4 Å². The van der Waals surface area contributed by atoms with Gasteiger partial charge < -0.3 is 16.8 Å². The van der Waals surface area contributed by atoms with Gasteiger partial charge in [-0.25, -0.2) is 8.42 Å². The van der Waals surface area contributed by atoms with Gasteiger partial charge in [0.2, 0.25) is 0 Å². The van der Waals surface area contributed by atoms with Gasteiger partial charge in [0.15, 0.2) is 9.84 Å². The minimum absolute atomic E-state index is 0.145. The second kappa shape index (κ2) is 4.60. The highest BCUT2D eigenvalue weighted by atomic mass is 32.2. The van der Waals surface area contributed by atoms with Crippen LogP contribution in [0.2, 0.25) is 0 Å². The Morgan fingerprint density at radius 2 is 2.15 bits per heavy atom. The van der Waals surface area contributed by atoms with Crippen molar-refractivity contribution < 1.29 is 8.42 Å². The summed E-state index contributed by atoms with van der Waals surface area (Å²) in [5.74, 6) is 0.145. The third kappa shape index (κ3) is 1.90. The van der Waals surface area contributed by atoms with E-state index in [0.717, 1.165) is 22.2 Å². The van der Waals surface area contributed by atoms with Crippen molar-refractivity contribution in [3.05, 3.63) is 23.9 Å². The number of nitrogens with one attached hydrogen (secondary N) is 1. The number of hydrogen-bond acceptors (Lipinski definition) is 6. The zero-order chi connectivity index (χ0) is 14.3. The number of sulfone groups is 1. The van der Waals surface area contributed by atoms with Crippen LogP contribution in [-0.2, 0) is 16.3 Å². The maximum Gasteiger partial charge on any atom is 0.179 e. The maximum atomic E-state index is 12.0. The Morgan fingerprint density at radius 1 is 1.35 bits per heavy atom. The van der Waals surface area contributed by atoms with E-state index >= 15 is 0 Å². The molecule has 0 radical (unpaired) electrons. The molecule has 2 aromatic rings. The van der Waals surface area contributed by atoms with Crippen molar-refractivity contribution in [2.24, 2.45) is 5.73 Å². The fourth-order valence-corrected chi connectivity index (χ4v) is 4.17. The number of nitrogens with two attached hydrogens (primary N) is 2. The van der Waals surface area contributed by atoms with E-state index in [1.807, 2.05) is 0 Å². The molecule has 0 bridgehead atoms. The SMILES string of the molecule is NCCNc1c(N)cnc2ccc3c(c12)CCS3(=O)=O. The number of benzene rings is 1. The number of nitrogens with zero attached hydrogens (tertiary/aromatic N) is 1. The van der Waals surface area contributed by atoms with Crippen molar-refractivity contribution in [2.75, 3.05) is 29.9 Å². The maximum absolute atomic E-state index is 12.0. The van der Waals surface area contributed by atoms with Crippen LogP contribution in [0.25, 0.3) is 10.9 Å². The van der Waals surface area contributed by atoms with Gasteiger partial charge in [-0.3, -0.25) is 4.98 Å². The highest BCUT2D eigenvalue weighted by Gasteiger charge is 2.29. The number of aromatic nitrogens is 1. The Hall–Kier alpha value is -1.86. The number of pyridine rings is 1. The monoisotopic (exact) mass is 292 g/mol. The van der Waals surface area contributed by atoms with Gasteiger partial charge in [0.1, 0.15) is 0 Å². The molecule has 0 saturated heterocycles. The zero-order valence-corrected chi connectivity index (χ0v) is 11.7. The van der Waals surface area contributed by atoms with Crippen LogP contribution >= 0.6 is 0 Å². The fraction of sp³-hybridized carbons (Fsp3) is 0.308. The van der Waals surface area contributed by atoms with Crippen LogP contribution in [0, 0.1) is 0 Å². The molecule has 0 aliphatic carbocycles. The molecule has 0 amide bonds. The Balaban J connectivity index is 2.33. The summed E-state index contributed by atoms with van der Waals surface area (Å²) in [6.45, 7) is 1.04. The summed E-state index contributed by atoms with van der Waals surface area (Å²) in [5, 5.41) is 3.98. The summed E-state index contributed by atoms with van der Waals surface area (Å²) in [6.07, 6.45) is 2.08. The first kappa shape index (κ1) is 13.1. The van der Waals surface area contributed by atoms with Crippen molar-refractivity contribution in [2.45, 2.75) is 11.3 Å². The van der Waals surface area contributed by atoms with Crippen molar-refractivity contribution >= 4 is 32.1 Å². The number of rotatable bonds is 3. The quantitative estimate of drug-likeness (QED) is 0.760. The number of nitrogen functional groups attached to an aromatic ring is 1. The molecule has 1 aromatic heterocycles. The molecule has 106 valence electrons. The molecule has 6 nitrogen and oxygen atoms in total. The number of aryl methyl sites for hydroxylation is 1. The van der Waals surface area contributed by atoms with Gasteiger partial charge in [-0.15, -0.1) is 0 Å². The lowest BCUT2D eigenvalue weighted by atomic mass is 10.0. The van der Waals surface area contributed by atoms with Crippen LogP contribution in [0.15, 0.2) is 23.2 Å². The molecule has 3 rings (SSSR count). The molecule has 0 atom stereocenters. The summed E-state index contributed by atoms with van der Waals surface area (Å²) < 4.78 is 24.0. The van der Waals surface area contributed by atoms with E-state index in [1.54, 1.807) is 18.3 Å². The van der Waals surface area contributed by atoms with Gasteiger partial charge in [-0.2, -0.15) is 0 Å². The molecule has 2 heterocycles. The van der Waals surface area contributed by atoms with Crippen molar-refractivity contribution in [3.63, 3.8) is 0 Å². The van der Waals surface area contributed by atoms with E-state index in [1.165, 1.54) is 0 Å². The average molecular weight is 292 g/mol. The summed E-state index contributed by atoms with van der Waals surface area (Å²) in [7, 11) is -3.17. The topological polar surface area (TPSA) is 111 Å². The lowest BCUT2D eigenvalue weighted by Crippen LogP contribution is -2.14. The van der Waals surface area contributed by atoms with Gasteiger partial charge >= 0.3 is 0 Å². The van der Waals surface area contributed by atoms with Crippen molar-refractivity contribution in [1.29, 1.82) is 0 Å². The van der Waals surface area contributed by atoms with E-state index in [9.17, 15) is 8.42 Å². The number of anilines is 2. The first-order valence-electron chi connectivity index (χ1n) is 6.41. The van der Waals surface area contributed by atoms with Crippen LogP contribution in [0.5, 0.6) is 0 Å². The molecular formula is C13H16N4O2S. The molecule has 0 saturated carbocycles. The first-order valence-corrected chi connectivity index (χ1v) is 8.06. The number of hydrogen-bond donors (Lipinski definition) is 3. The molecule has 20 heavy (non-hydrogen) atoms. The van der Waals surface area contributed by atoms with E-state index in [0.29, 0.717) is 30.1 Å². The molecule has 5 N–H and O–H groups in total. The Kier molecular flexibility index (Phi) is 3.02. The second-order valence-corrected chi connectivity index (χ2v) is 6.89. The van der Waals surface area contributed by atoms with Gasteiger partial charge in [0.25, 0.3) is 0 Å². The van der Waals surface area contributed by atoms with E-state index in [2.05, 4.69) is 10.3 Å². The zero-order valence-electron chi connectivity index (χ0n) is 10.9. The number of fused-ring (bicyclic) bond motifs is 3. The lowest BCUT2D eigenvalue weighted by molar-refractivity contribution is 0.600. The van der Waals surface area contributed by atoms with E-state index in [4.69, 9.17) is 11.5 Å². The van der Waals surface area contributed by atoms with Gasteiger partial charge in [0.05, 0.1) is 33.7 Å². The molecule has 7 heteroatoms. The highest BCUT2D eigenvalue weighted by molar-refractivity contribution is 7.91. The van der Waals surface area contributed by atoms with Crippen LogP contribution in [0.3, 0.4) is 0 Å². The second-order valence-electron chi connectivity index (χ2n) is 4.81. The molecule has 0 fully saturated rings. The molecule has 1 aliphatic rings. The van der Waals surface area contributed by atoms with Crippen molar-refractivity contribution in [3.8, 4) is 0 Å². The van der Waals surface area contributed by atoms with Crippen LogP contribution in [-0.4, -0.2) is 32.2 Å². The van der Waals surface area contributed by atoms with Crippen molar-refractivity contribution in [1.82, 2.24) is 4.98 Å². The summed E-state index contributed by atoms with van der Waals surface area (Å²) in [5.41, 5.74) is 14.3. The predicted octanol–water partition coefficient (Wildman–Crippen LogP) is 0.517. The lowest BCUT2D eigenvalue weighted by Gasteiger charge is -2.14. The molecule has 0 unspecified atom stereocenters. The normalized spacial score (nSPS) is 16.2. The van der Waals surface area contributed by atoms with E-state index in [-0.39, 0.29) is 5.75 Å². The minimum Gasteiger partial charge on any atom is -0.396 e. The third-order valence-electron chi connectivity index (χ3n) is 3.53. The smallest absolute Gasteiger partial charge is 0.179 e. The fourth-order valence-electron chi connectivity index (χ4n) is 2.62. The summed E-state index contributed by atoms with van der Waals surface area (Å²) in [4.78, 5) is 4.68. The Labute approximate surface area is 117 Å².